The first-order valence-corrected chi connectivity index (χ1v) is 9.22. The van der Waals surface area contributed by atoms with Crippen LogP contribution in [0.4, 0.5) is 0 Å². The number of nitrogens with zero attached hydrogens (tertiary/aromatic N) is 4. The molecule has 0 aromatic carbocycles. The normalized spacial score (nSPS) is 27.7. The van der Waals surface area contributed by atoms with Crippen molar-refractivity contribution in [2.75, 3.05) is 39.5 Å². The summed E-state index contributed by atoms with van der Waals surface area (Å²) in [7, 11) is 0. The molecule has 3 aliphatic heterocycles. The second-order valence-electron chi connectivity index (χ2n) is 7.11. The molecule has 0 radical (unpaired) electrons. The molecule has 1 N–H and O–H groups in total. The summed E-state index contributed by atoms with van der Waals surface area (Å²) in [5.74, 6) is 0. The van der Waals surface area contributed by atoms with Gasteiger partial charge in [-0.05, 0) is 6.42 Å². The minimum Gasteiger partial charge on any atom is -0.371 e. The van der Waals surface area contributed by atoms with E-state index in [9.17, 15) is 19.5 Å². The van der Waals surface area contributed by atoms with E-state index in [0.717, 1.165) is 13.7 Å². The van der Waals surface area contributed by atoms with Gasteiger partial charge in [0.2, 0.25) is 0 Å². The lowest BCUT2D eigenvalue weighted by Gasteiger charge is -2.29. The van der Waals surface area contributed by atoms with E-state index in [4.69, 9.17) is 14.2 Å². The molecule has 150 valence electrons. The Morgan fingerprint density at radius 3 is 1.93 bits per heavy atom. The van der Waals surface area contributed by atoms with Crippen molar-refractivity contribution < 1.29 is 19.3 Å². The Bertz CT molecular complexity index is 800. The van der Waals surface area contributed by atoms with Gasteiger partial charge in [0.15, 0.2) is 6.29 Å². The maximum atomic E-state index is 12.7. The van der Waals surface area contributed by atoms with Gasteiger partial charge < -0.3 is 19.3 Å². The Labute approximate surface area is 154 Å². The summed E-state index contributed by atoms with van der Waals surface area (Å²) in [6, 6.07) is 0. The monoisotopic (exact) mass is 384 g/mol. The van der Waals surface area contributed by atoms with Crippen molar-refractivity contribution in [3.8, 4) is 0 Å². The zero-order valence-electron chi connectivity index (χ0n) is 15.0. The Morgan fingerprint density at radius 2 is 1.41 bits per heavy atom. The smallest absolute Gasteiger partial charge is 0.336 e. The summed E-state index contributed by atoms with van der Waals surface area (Å²) in [5.41, 5.74) is -1.81. The van der Waals surface area contributed by atoms with Crippen LogP contribution in [0.25, 0.3) is 0 Å². The van der Waals surface area contributed by atoms with Gasteiger partial charge in [-0.25, -0.2) is 28.1 Å². The molecule has 11 heteroatoms. The van der Waals surface area contributed by atoms with Crippen LogP contribution in [0.5, 0.6) is 0 Å². The highest BCUT2D eigenvalue weighted by atomic mass is 16.6. The standard InChI is InChI=1S/C16H24N4O7/c21-13-8-17(4-5-25-13)2-1-3-18-14(22)19(6-11-9-26-11)16(24)20(15(18)23)7-12-10-27-12/h11-13,21H,1-10H2. The summed E-state index contributed by atoms with van der Waals surface area (Å²) in [5, 5.41) is 9.53. The van der Waals surface area contributed by atoms with Gasteiger partial charge in [-0.2, -0.15) is 0 Å². The van der Waals surface area contributed by atoms with Gasteiger partial charge in [-0.1, -0.05) is 0 Å². The number of hydrogen-bond acceptors (Lipinski definition) is 8. The summed E-state index contributed by atoms with van der Waals surface area (Å²) < 4.78 is 18.6. The van der Waals surface area contributed by atoms with Gasteiger partial charge in [0.05, 0.1) is 45.1 Å². The molecule has 0 saturated carbocycles. The molecule has 4 rings (SSSR count). The van der Waals surface area contributed by atoms with E-state index in [2.05, 4.69) is 0 Å². The third-order valence-electron chi connectivity index (χ3n) is 4.95. The summed E-state index contributed by atoms with van der Waals surface area (Å²) in [4.78, 5) is 40.0. The van der Waals surface area contributed by atoms with Crippen LogP contribution in [0.15, 0.2) is 14.4 Å². The van der Waals surface area contributed by atoms with Gasteiger partial charge in [-0.15, -0.1) is 0 Å². The number of aromatic nitrogens is 3. The number of aliphatic hydroxyl groups is 1. The molecular formula is C16H24N4O7. The van der Waals surface area contributed by atoms with Crippen LogP contribution in [-0.4, -0.2) is 81.7 Å². The molecule has 4 heterocycles. The third-order valence-corrected chi connectivity index (χ3v) is 4.95. The Balaban J connectivity index is 1.53. The van der Waals surface area contributed by atoms with Crippen LogP contribution >= 0.6 is 0 Å². The maximum Gasteiger partial charge on any atom is 0.336 e. The van der Waals surface area contributed by atoms with Crippen molar-refractivity contribution in [3.05, 3.63) is 31.5 Å². The molecule has 3 aliphatic rings. The van der Waals surface area contributed by atoms with E-state index in [0.29, 0.717) is 45.9 Å². The number of morpholine rings is 1. The highest BCUT2D eigenvalue weighted by Crippen LogP contribution is 2.10. The lowest BCUT2D eigenvalue weighted by molar-refractivity contribution is -0.146. The SMILES string of the molecule is O=c1n(CCCN2CCOC(O)C2)c(=O)n(CC2CO2)c(=O)n1CC1CO1. The zero-order chi connectivity index (χ0) is 19.0. The van der Waals surface area contributed by atoms with Crippen molar-refractivity contribution in [2.45, 2.75) is 44.6 Å². The van der Waals surface area contributed by atoms with E-state index in [-0.39, 0.29) is 31.8 Å². The summed E-state index contributed by atoms with van der Waals surface area (Å²) in [6.07, 6.45) is -0.568. The average molecular weight is 384 g/mol. The number of hydrogen-bond donors (Lipinski definition) is 1. The molecule has 0 amide bonds. The molecule has 27 heavy (non-hydrogen) atoms. The minimum absolute atomic E-state index is 0.151. The van der Waals surface area contributed by atoms with E-state index >= 15 is 0 Å². The van der Waals surface area contributed by atoms with Gasteiger partial charge in [0.1, 0.15) is 0 Å². The number of aliphatic hydroxyl groups excluding tert-OH is 1. The van der Waals surface area contributed by atoms with Crippen LogP contribution < -0.4 is 17.1 Å². The highest BCUT2D eigenvalue weighted by Gasteiger charge is 2.29. The van der Waals surface area contributed by atoms with Crippen LogP contribution in [-0.2, 0) is 33.8 Å². The molecule has 0 aliphatic carbocycles. The van der Waals surface area contributed by atoms with Crippen LogP contribution in [0.3, 0.4) is 0 Å². The molecule has 3 fully saturated rings. The maximum absolute atomic E-state index is 12.7. The topological polar surface area (TPSA) is 124 Å². The van der Waals surface area contributed by atoms with Crippen molar-refractivity contribution in [1.82, 2.24) is 18.6 Å². The summed E-state index contributed by atoms with van der Waals surface area (Å²) >= 11 is 0. The number of rotatable bonds is 8. The summed E-state index contributed by atoms with van der Waals surface area (Å²) in [6.45, 7) is 3.67. The predicted octanol–water partition coefficient (Wildman–Crippen LogP) is -2.99. The Morgan fingerprint density at radius 1 is 0.852 bits per heavy atom. The first kappa shape index (κ1) is 18.6. The minimum atomic E-state index is -0.808. The fraction of sp³-hybridized carbons (Fsp3) is 0.812. The second-order valence-corrected chi connectivity index (χ2v) is 7.11. The molecule has 1 aromatic rings. The largest absolute Gasteiger partial charge is 0.371 e. The highest BCUT2D eigenvalue weighted by molar-refractivity contribution is 4.84. The van der Waals surface area contributed by atoms with E-state index < -0.39 is 23.4 Å². The van der Waals surface area contributed by atoms with Crippen LogP contribution in [0.1, 0.15) is 6.42 Å². The lowest BCUT2D eigenvalue weighted by Crippen LogP contribution is -2.55. The molecule has 3 unspecified atom stereocenters. The van der Waals surface area contributed by atoms with E-state index in [1.807, 2.05) is 4.90 Å². The number of β-amino-alcohol motifs (C(OH)–C–C–N with tert-alkyl or cyclic N) is 1. The van der Waals surface area contributed by atoms with Crippen LogP contribution in [0.2, 0.25) is 0 Å². The van der Waals surface area contributed by atoms with Crippen molar-refractivity contribution >= 4 is 0 Å². The molecule has 11 nitrogen and oxygen atoms in total. The van der Waals surface area contributed by atoms with E-state index in [1.165, 1.54) is 0 Å². The van der Waals surface area contributed by atoms with Gasteiger partial charge in [0.25, 0.3) is 0 Å². The molecule has 1 aromatic heterocycles. The third kappa shape index (κ3) is 4.38. The first-order valence-electron chi connectivity index (χ1n) is 9.22. The molecule has 0 spiro atoms. The second kappa shape index (κ2) is 7.68. The fourth-order valence-corrected chi connectivity index (χ4v) is 3.28. The Kier molecular flexibility index (Phi) is 5.28. The van der Waals surface area contributed by atoms with Gasteiger partial charge in [-0.3, -0.25) is 4.90 Å². The van der Waals surface area contributed by atoms with Gasteiger partial charge >= 0.3 is 17.1 Å². The van der Waals surface area contributed by atoms with Crippen molar-refractivity contribution in [2.24, 2.45) is 0 Å². The predicted molar refractivity (Wildman–Crippen MR) is 91.7 cm³/mol. The molecule has 3 saturated heterocycles. The number of ether oxygens (including phenoxy) is 3. The van der Waals surface area contributed by atoms with Gasteiger partial charge in [0, 0.05) is 26.2 Å². The lowest BCUT2D eigenvalue weighted by atomic mass is 10.3. The Hall–Kier alpha value is -1.79. The van der Waals surface area contributed by atoms with Crippen molar-refractivity contribution in [3.63, 3.8) is 0 Å². The zero-order valence-corrected chi connectivity index (χ0v) is 15.0. The molecular weight excluding hydrogens is 360 g/mol. The average Bonchev–Trinajstić information content (AvgIpc) is 3.54. The first-order chi connectivity index (χ1) is 13.0. The van der Waals surface area contributed by atoms with Crippen molar-refractivity contribution in [1.29, 1.82) is 0 Å². The molecule has 3 atom stereocenters. The van der Waals surface area contributed by atoms with E-state index in [1.54, 1.807) is 0 Å². The fourth-order valence-electron chi connectivity index (χ4n) is 3.28. The molecule has 0 bridgehead atoms. The van der Waals surface area contributed by atoms with Crippen LogP contribution in [0, 0.1) is 0 Å². The quantitative estimate of drug-likeness (QED) is 0.471. The number of epoxide rings is 2.